The first-order valence-electron chi connectivity index (χ1n) is 5.42. The van der Waals surface area contributed by atoms with Gasteiger partial charge in [-0.2, -0.15) is 0 Å². The molecule has 2 rings (SSSR count). The molecule has 0 heterocycles. The summed E-state index contributed by atoms with van der Waals surface area (Å²) in [6.45, 7) is 0. The van der Waals surface area contributed by atoms with Crippen LogP contribution in [0.1, 0.15) is 10.9 Å². The van der Waals surface area contributed by atoms with Crippen LogP contribution in [0.4, 0.5) is 8.78 Å². The van der Waals surface area contributed by atoms with Crippen LogP contribution in [-0.2, 0) is 9.84 Å². The monoisotopic (exact) mass is 283 g/mol. The molecule has 2 N–H and O–H groups in total. The quantitative estimate of drug-likeness (QED) is 0.941. The molecular formula is C13H11F2NO2S. The minimum Gasteiger partial charge on any atom is -0.311 e. The number of halogens is 2. The molecule has 0 spiro atoms. The van der Waals surface area contributed by atoms with Gasteiger partial charge < -0.3 is 5.73 Å². The molecule has 3 nitrogen and oxygen atoms in total. The van der Waals surface area contributed by atoms with Crippen LogP contribution in [0.5, 0.6) is 0 Å². The Morgan fingerprint density at radius 2 is 1.47 bits per heavy atom. The zero-order chi connectivity index (χ0) is 14.0. The molecule has 0 amide bonds. The number of hydrogen-bond donors (Lipinski definition) is 1. The maximum Gasteiger partial charge on any atom is 0.198 e. The van der Waals surface area contributed by atoms with Gasteiger partial charge >= 0.3 is 0 Å². The van der Waals surface area contributed by atoms with Crippen LogP contribution < -0.4 is 5.73 Å². The summed E-state index contributed by atoms with van der Waals surface area (Å²) in [5.74, 6) is -1.92. The molecule has 19 heavy (non-hydrogen) atoms. The first-order chi connectivity index (χ1) is 8.91. The van der Waals surface area contributed by atoms with Crippen LogP contribution in [0, 0.1) is 11.6 Å². The second kappa shape index (κ2) is 5.07. The molecule has 0 radical (unpaired) electrons. The minimum atomic E-state index is -4.04. The average Bonchev–Trinajstić information content (AvgIpc) is 2.37. The summed E-state index contributed by atoms with van der Waals surface area (Å²) < 4.78 is 50.5. The van der Waals surface area contributed by atoms with Crippen molar-refractivity contribution in [2.24, 2.45) is 5.73 Å². The lowest BCUT2D eigenvalue weighted by molar-refractivity contribution is 0.562. The standard InChI is InChI=1S/C13H11F2NO2S/c14-10-6-11(15)8-12(7-10)19(17,18)13(16)9-4-2-1-3-5-9/h1-8,13H,16H2. The first kappa shape index (κ1) is 13.6. The second-order valence-corrected chi connectivity index (χ2v) is 6.05. The normalized spacial score (nSPS) is 13.2. The van der Waals surface area contributed by atoms with E-state index in [-0.39, 0.29) is 0 Å². The van der Waals surface area contributed by atoms with Gasteiger partial charge in [0.25, 0.3) is 0 Å². The zero-order valence-electron chi connectivity index (χ0n) is 9.75. The summed E-state index contributed by atoms with van der Waals surface area (Å²) in [6, 6.07) is 10.2. The molecular weight excluding hydrogens is 272 g/mol. The van der Waals surface area contributed by atoms with Crippen LogP contribution in [-0.4, -0.2) is 8.42 Å². The van der Waals surface area contributed by atoms with Crippen molar-refractivity contribution in [1.29, 1.82) is 0 Å². The maximum atomic E-state index is 13.1. The molecule has 0 aliphatic heterocycles. The van der Waals surface area contributed by atoms with Crippen molar-refractivity contribution in [3.8, 4) is 0 Å². The Balaban J connectivity index is 2.48. The van der Waals surface area contributed by atoms with E-state index in [1.165, 1.54) is 12.1 Å². The molecule has 100 valence electrons. The molecule has 0 fully saturated rings. The summed E-state index contributed by atoms with van der Waals surface area (Å²) in [4.78, 5) is -0.471. The molecule has 0 aromatic heterocycles. The van der Waals surface area contributed by atoms with Crippen molar-refractivity contribution in [2.75, 3.05) is 0 Å². The van der Waals surface area contributed by atoms with Crippen LogP contribution in [0.25, 0.3) is 0 Å². The van der Waals surface area contributed by atoms with Crippen molar-refractivity contribution in [3.05, 3.63) is 65.7 Å². The summed E-state index contributed by atoms with van der Waals surface area (Å²) >= 11 is 0. The van der Waals surface area contributed by atoms with Crippen LogP contribution in [0.15, 0.2) is 53.4 Å². The van der Waals surface area contributed by atoms with Crippen molar-refractivity contribution in [3.63, 3.8) is 0 Å². The molecule has 1 unspecified atom stereocenters. The lowest BCUT2D eigenvalue weighted by Gasteiger charge is -2.13. The largest absolute Gasteiger partial charge is 0.311 e. The van der Waals surface area contributed by atoms with Gasteiger partial charge in [0.2, 0.25) is 0 Å². The van der Waals surface area contributed by atoms with Crippen LogP contribution in [0.3, 0.4) is 0 Å². The smallest absolute Gasteiger partial charge is 0.198 e. The van der Waals surface area contributed by atoms with Gasteiger partial charge in [-0.3, -0.25) is 0 Å². The highest BCUT2D eigenvalue weighted by molar-refractivity contribution is 7.91. The third kappa shape index (κ3) is 2.80. The minimum absolute atomic E-state index is 0.354. The van der Waals surface area contributed by atoms with E-state index in [1.807, 2.05) is 0 Å². The first-order valence-corrected chi connectivity index (χ1v) is 6.96. The molecule has 1 atom stereocenters. The van der Waals surface area contributed by atoms with E-state index in [9.17, 15) is 17.2 Å². The third-order valence-corrected chi connectivity index (χ3v) is 4.46. The zero-order valence-corrected chi connectivity index (χ0v) is 10.6. The SMILES string of the molecule is NC(c1ccccc1)S(=O)(=O)c1cc(F)cc(F)c1. The molecule has 0 saturated carbocycles. The van der Waals surface area contributed by atoms with Gasteiger partial charge in [0.05, 0.1) is 4.90 Å². The maximum absolute atomic E-state index is 13.1. The van der Waals surface area contributed by atoms with E-state index in [1.54, 1.807) is 18.2 Å². The summed E-state index contributed by atoms with van der Waals surface area (Å²) in [7, 11) is -4.04. The Bertz CT molecular complexity index is 667. The Hall–Kier alpha value is -1.79. The number of hydrogen-bond acceptors (Lipinski definition) is 3. The third-order valence-electron chi connectivity index (χ3n) is 2.63. The molecule has 0 bridgehead atoms. The molecule has 0 saturated heterocycles. The van der Waals surface area contributed by atoms with Crippen molar-refractivity contribution < 1.29 is 17.2 Å². The van der Waals surface area contributed by atoms with Crippen LogP contribution >= 0.6 is 0 Å². The van der Waals surface area contributed by atoms with Crippen molar-refractivity contribution in [1.82, 2.24) is 0 Å². The predicted molar refractivity (Wildman–Crippen MR) is 66.9 cm³/mol. The highest BCUT2D eigenvalue weighted by Crippen LogP contribution is 2.25. The van der Waals surface area contributed by atoms with E-state index in [2.05, 4.69) is 0 Å². The van der Waals surface area contributed by atoms with Crippen molar-refractivity contribution in [2.45, 2.75) is 10.3 Å². The van der Waals surface area contributed by atoms with Gasteiger partial charge in [-0.05, 0) is 17.7 Å². The second-order valence-electron chi connectivity index (χ2n) is 3.98. The number of nitrogens with two attached hydrogens (primary N) is 1. The molecule has 2 aromatic carbocycles. The van der Waals surface area contributed by atoms with E-state index in [0.717, 1.165) is 12.1 Å². The van der Waals surface area contributed by atoms with E-state index >= 15 is 0 Å². The van der Waals surface area contributed by atoms with Crippen molar-refractivity contribution >= 4 is 9.84 Å². The van der Waals surface area contributed by atoms with Crippen LogP contribution in [0.2, 0.25) is 0 Å². The highest BCUT2D eigenvalue weighted by Gasteiger charge is 2.26. The Kier molecular flexibility index (Phi) is 3.64. The fourth-order valence-corrected chi connectivity index (χ4v) is 3.02. The summed E-state index contributed by atoms with van der Waals surface area (Å²) in [6.07, 6.45) is 0. The van der Waals surface area contributed by atoms with Gasteiger partial charge in [0.1, 0.15) is 17.0 Å². The number of benzene rings is 2. The molecule has 0 aliphatic rings. The predicted octanol–water partition coefficient (Wildman–Crippen LogP) is 2.40. The fourth-order valence-electron chi connectivity index (χ4n) is 1.66. The van der Waals surface area contributed by atoms with Gasteiger partial charge in [-0.1, -0.05) is 30.3 Å². The lowest BCUT2D eigenvalue weighted by Crippen LogP contribution is -2.22. The highest BCUT2D eigenvalue weighted by atomic mass is 32.2. The Morgan fingerprint density at radius 3 is 2.00 bits per heavy atom. The average molecular weight is 283 g/mol. The van der Waals surface area contributed by atoms with Gasteiger partial charge in [0.15, 0.2) is 9.84 Å². The number of sulfone groups is 1. The van der Waals surface area contributed by atoms with E-state index in [4.69, 9.17) is 5.73 Å². The molecule has 2 aromatic rings. The molecule has 0 aliphatic carbocycles. The summed E-state index contributed by atoms with van der Waals surface area (Å²) in [5.41, 5.74) is 6.03. The van der Waals surface area contributed by atoms with Gasteiger partial charge in [-0.25, -0.2) is 17.2 Å². The molecule has 6 heteroatoms. The summed E-state index contributed by atoms with van der Waals surface area (Å²) in [5, 5.41) is -1.37. The fraction of sp³-hybridized carbons (Fsp3) is 0.0769. The van der Waals surface area contributed by atoms with Gasteiger partial charge in [-0.15, -0.1) is 0 Å². The van der Waals surface area contributed by atoms with E-state index < -0.39 is 31.7 Å². The number of rotatable bonds is 3. The Morgan fingerprint density at radius 1 is 0.947 bits per heavy atom. The lowest BCUT2D eigenvalue weighted by atomic mass is 10.2. The Labute approximate surface area is 109 Å². The topological polar surface area (TPSA) is 60.2 Å². The van der Waals surface area contributed by atoms with E-state index in [0.29, 0.717) is 11.6 Å². The van der Waals surface area contributed by atoms with Gasteiger partial charge in [0, 0.05) is 6.07 Å².